The summed E-state index contributed by atoms with van der Waals surface area (Å²) in [4.78, 5) is 18.7. The molecule has 0 radical (unpaired) electrons. The van der Waals surface area contributed by atoms with E-state index in [2.05, 4.69) is 50.1 Å². The van der Waals surface area contributed by atoms with Gasteiger partial charge < -0.3 is 16.0 Å². The van der Waals surface area contributed by atoms with Crippen molar-refractivity contribution in [1.29, 1.82) is 0 Å². The van der Waals surface area contributed by atoms with Crippen LogP contribution in [-0.4, -0.2) is 49.5 Å². The first-order chi connectivity index (χ1) is 14.1. The highest BCUT2D eigenvalue weighted by Gasteiger charge is 2.20. The first-order valence-corrected chi connectivity index (χ1v) is 9.91. The lowest BCUT2D eigenvalue weighted by molar-refractivity contribution is -0.115. The number of nitrogens with zero attached hydrogens (tertiary/aromatic N) is 2. The van der Waals surface area contributed by atoms with Crippen LogP contribution in [-0.2, 0) is 11.3 Å². The van der Waals surface area contributed by atoms with Crippen LogP contribution in [0.25, 0.3) is 0 Å². The Bertz CT molecular complexity index is 808. The molecule has 162 valence electrons. The van der Waals surface area contributed by atoms with Crippen LogP contribution in [0.3, 0.4) is 0 Å². The number of likely N-dealkylation sites (tertiary alicyclic amines) is 1. The molecule has 0 saturated carbocycles. The summed E-state index contributed by atoms with van der Waals surface area (Å²) in [5.74, 6) is 0.0681. The maximum Gasteiger partial charge on any atom is 0.243 e. The van der Waals surface area contributed by atoms with E-state index in [9.17, 15) is 9.18 Å². The molecule has 1 aliphatic heterocycles. The van der Waals surface area contributed by atoms with Gasteiger partial charge in [0.25, 0.3) is 0 Å². The van der Waals surface area contributed by atoms with Crippen LogP contribution in [0.2, 0.25) is 0 Å². The van der Waals surface area contributed by atoms with Gasteiger partial charge in [-0.2, -0.15) is 0 Å². The van der Waals surface area contributed by atoms with Crippen LogP contribution >= 0.6 is 24.0 Å². The van der Waals surface area contributed by atoms with E-state index < -0.39 is 0 Å². The molecule has 3 rings (SSSR count). The third-order valence-electron chi connectivity index (χ3n) is 4.95. The molecule has 0 spiro atoms. The summed E-state index contributed by atoms with van der Waals surface area (Å²) in [7, 11) is 1.69. The summed E-state index contributed by atoms with van der Waals surface area (Å²) in [5, 5.41) is 9.16. The van der Waals surface area contributed by atoms with Gasteiger partial charge in [0.05, 0.1) is 6.54 Å². The average molecular weight is 525 g/mol. The van der Waals surface area contributed by atoms with E-state index >= 15 is 0 Å². The van der Waals surface area contributed by atoms with E-state index in [1.165, 1.54) is 29.8 Å². The van der Waals surface area contributed by atoms with Crippen molar-refractivity contribution < 1.29 is 9.18 Å². The van der Waals surface area contributed by atoms with Crippen molar-refractivity contribution in [3.05, 3.63) is 66.0 Å². The zero-order chi connectivity index (χ0) is 20.5. The molecular formula is C22H29FIN5O. The first kappa shape index (κ1) is 24.1. The molecule has 0 atom stereocenters. The molecule has 0 bridgehead atoms. The number of carbonyl (C=O) groups is 1. The lowest BCUT2D eigenvalue weighted by atomic mass is 10.0. The monoisotopic (exact) mass is 525 g/mol. The number of guanidine groups is 1. The van der Waals surface area contributed by atoms with Crippen molar-refractivity contribution in [2.75, 3.05) is 32.0 Å². The Morgan fingerprint density at radius 2 is 1.77 bits per heavy atom. The molecular weight excluding hydrogens is 496 g/mol. The van der Waals surface area contributed by atoms with Crippen LogP contribution in [0.5, 0.6) is 0 Å². The van der Waals surface area contributed by atoms with Gasteiger partial charge in [-0.3, -0.25) is 14.7 Å². The average Bonchev–Trinajstić information content (AvgIpc) is 2.75. The van der Waals surface area contributed by atoms with Gasteiger partial charge in [0.2, 0.25) is 5.91 Å². The Balaban J connectivity index is 0.00000320. The number of halogens is 2. The molecule has 1 aliphatic rings. The SMILES string of the molecule is CN=C(NCC(=O)Nc1ccc(F)cc1)NC1CCN(Cc2ccccc2)CC1.I. The molecule has 1 saturated heterocycles. The van der Waals surface area contributed by atoms with Crippen LogP contribution in [0, 0.1) is 5.82 Å². The van der Waals surface area contributed by atoms with Gasteiger partial charge in [0, 0.05) is 38.4 Å². The first-order valence-electron chi connectivity index (χ1n) is 9.91. The van der Waals surface area contributed by atoms with Crippen molar-refractivity contribution in [2.24, 2.45) is 4.99 Å². The van der Waals surface area contributed by atoms with Crippen molar-refractivity contribution >= 4 is 41.5 Å². The predicted octanol–water partition coefficient (Wildman–Crippen LogP) is 3.21. The number of hydrogen-bond acceptors (Lipinski definition) is 3. The standard InChI is InChI=1S/C22H28FN5O.HI/c1-24-22(25-15-21(29)26-19-9-7-18(23)8-10-19)27-20-11-13-28(14-12-20)16-17-5-3-2-4-6-17;/h2-10,20H,11-16H2,1H3,(H,26,29)(H2,24,25,27);1H. The van der Waals surface area contributed by atoms with Crippen LogP contribution in [0.4, 0.5) is 10.1 Å². The van der Waals surface area contributed by atoms with Gasteiger partial charge in [-0.05, 0) is 42.7 Å². The highest BCUT2D eigenvalue weighted by atomic mass is 127. The number of piperidine rings is 1. The normalized spacial score (nSPS) is 15.2. The van der Waals surface area contributed by atoms with Gasteiger partial charge in [-0.25, -0.2) is 4.39 Å². The molecule has 1 heterocycles. The van der Waals surface area contributed by atoms with Crippen molar-refractivity contribution in [3.63, 3.8) is 0 Å². The lowest BCUT2D eigenvalue weighted by Gasteiger charge is -2.33. The van der Waals surface area contributed by atoms with Crippen molar-refractivity contribution in [3.8, 4) is 0 Å². The van der Waals surface area contributed by atoms with Gasteiger partial charge in [0.1, 0.15) is 5.82 Å². The summed E-state index contributed by atoms with van der Waals surface area (Å²) >= 11 is 0. The number of anilines is 1. The van der Waals surface area contributed by atoms with Gasteiger partial charge in [-0.15, -0.1) is 24.0 Å². The summed E-state index contributed by atoms with van der Waals surface area (Å²) in [6.45, 7) is 3.11. The topological polar surface area (TPSA) is 68.8 Å². The molecule has 1 amide bonds. The van der Waals surface area contributed by atoms with E-state index in [0.717, 1.165) is 32.5 Å². The number of amides is 1. The molecule has 1 fully saturated rings. The number of aliphatic imine (C=N–C) groups is 1. The number of benzene rings is 2. The van der Waals surface area contributed by atoms with E-state index in [-0.39, 0.29) is 42.2 Å². The van der Waals surface area contributed by atoms with Crippen LogP contribution in [0.15, 0.2) is 59.6 Å². The van der Waals surface area contributed by atoms with Gasteiger partial charge in [-0.1, -0.05) is 30.3 Å². The van der Waals surface area contributed by atoms with Crippen LogP contribution < -0.4 is 16.0 Å². The highest BCUT2D eigenvalue weighted by Crippen LogP contribution is 2.14. The smallest absolute Gasteiger partial charge is 0.243 e. The fourth-order valence-corrected chi connectivity index (χ4v) is 3.37. The Hall–Kier alpha value is -2.20. The minimum Gasteiger partial charge on any atom is -0.354 e. The quantitative estimate of drug-likeness (QED) is 0.308. The lowest BCUT2D eigenvalue weighted by Crippen LogP contribution is -2.49. The highest BCUT2D eigenvalue weighted by molar-refractivity contribution is 14.0. The minimum atomic E-state index is -0.333. The molecule has 0 unspecified atom stereocenters. The maximum atomic E-state index is 12.9. The number of rotatable bonds is 6. The Morgan fingerprint density at radius 1 is 1.10 bits per heavy atom. The molecule has 30 heavy (non-hydrogen) atoms. The second-order valence-corrected chi connectivity index (χ2v) is 7.16. The van der Waals surface area contributed by atoms with E-state index in [1.807, 2.05) is 6.07 Å². The third-order valence-corrected chi connectivity index (χ3v) is 4.95. The molecule has 2 aromatic rings. The van der Waals surface area contributed by atoms with Gasteiger partial charge >= 0.3 is 0 Å². The summed E-state index contributed by atoms with van der Waals surface area (Å²) in [6, 6.07) is 16.5. The molecule has 0 aromatic heterocycles. The van der Waals surface area contributed by atoms with E-state index in [1.54, 1.807) is 7.05 Å². The Labute approximate surface area is 194 Å². The summed E-state index contributed by atoms with van der Waals surface area (Å²) in [5.41, 5.74) is 1.90. The van der Waals surface area contributed by atoms with Crippen molar-refractivity contribution in [1.82, 2.24) is 15.5 Å². The molecule has 0 aliphatic carbocycles. The van der Waals surface area contributed by atoms with E-state index in [4.69, 9.17) is 0 Å². The Kier molecular flexibility index (Phi) is 10.0. The number of nitrogens with one attached hydrogen (secondary N) is 3. The second kappa shape index (κ2) is 12.5. The molecule has 3 N–H and O–H groups in total. The largest absolute Gasteiger partial charge is 0.354 e. The van der Waals surface area contributed by atoms with Crippen LogP contribution in [0.1, 0.15) is 18.4 Å². The van der Waals surface area contributed by atoms with Crippen molar-refractivity contribution in [2.45, 2.75) is 25.4 Å². The van der Waals surface area contributed by atoms with E-state index in [0.29, 0.717) is 17.7 Å². The maximum absolute atomic E-state index is 12.9. The minimum absolute atomic E-state index is 0. The third kappa shape index (κ3) is 7.91. The zero-order valence-corrected chi connectivity index (χ0v) is 19.4. The Morgan fingerprint density at radius 3 is 2.40 bits per heavy atom. The fourth-order valence-electron chi connectivity index (χ4n) is 3.37. The molecule has 8 heteroatoms. The molecule has 6 nitrogen and oxygen atoms in total. The number of carbonyl (C=O) groups excluding carboxylic acids is 1. The predicted molar refractivity (Wildman–Crippen MR) is 130 cm³/mol. The number of hydrogen-bond donors (Lipinski definition) is 3. The van der Waals surface area contributed by atoms with Gasteiger partial charge in [0.15, 0.2) is 5.96 Å². The molecule has 2 aromatic carbocycles. The summed E-state index contributed by atoms with van der Waals surface area (Å²) < 4.78 is 12.9. The fraction of sp³-hybridized carbons (Fsp3) is 0.364. The summed E-state index contributed by atoms with van der Waals surface area (Å²) in [6.07, 6.45) is 2.05. The zero-order valence-electron chi connectivity index (χ0n) is 17.1. The second-order valence-electron chi connectivity index (χ2n) is 7.16.